The van der Waals surface area contributed by atoms with Crippen LogP contribution in [0.4, 0.5) is 0 Å². The maximum absolute atomic E-state index is 12.8. The van der Waals surface area contributed by atoms with Gasteiger partial charge in [0.2, 0.25) is 5.91 Å². The SMILES string of the molecule is CCCCCCCCCCCCCCCCCCC(CCCCCCCCCCCCCCCCCC)(CCCC(=O)O)C(N)=O. The molecule has 3 N–H and O–H groups in total. The van der Waals surface area contributed by atoms with E-state index in [0.717, 1.165) is 38.5 Å². The first-order valence-corrected chi connectivity index (χ1v) is 21.0. The predicted octanol–water partition coefficient (Wildman–Crippen LogP) is 14.0. The van der Waals surface area contributed by atoms with Gasteiger partial charge in [0, 0.05) is 11.8 Å². The summed E-state index contributed by atoms with van der Waals surface area (Å²) in [6.45, 7) is 4.57. The van der Waals surface area contributed by atoms with Crippen LogP contribution in [0.3, 0.4) is 0 Å². The van der Waals surface area contributed by atoms with Crippen LogP contribution in [0, 0.1) is 5.41 Å². The van der Waals surface area contributed by atoms with E-state index in [1.165, 1.54) is 180 Å². The smallest absolute Gasteiger partial charge is 0.303 e. The molecule has 0 saturated carbocycles. The van der Waals surface area contributed by atoms with Crippen LogP contribution in [0.5, 0.6) is 0 Å². The second kappa shape index (κ2) is 35.3. The van der Waals surface area contributed by atoms with Gasteiger partial charge in [-0.1, -0.05) is 219 Å². The average Bonchev–Trinajstić information content (AvgIpc) is 3.03. The van der Waals surface area contributed by atoms with Crippen LogP contribution < -0.4 is 5.73 Å². The fraction of sp³-hybridized carbons (Fsp3) is 0.952. The molecular weight excluding hydrogens is 566 g/mol. The van der Waals surface area contributed by atoms with E-state index < -0.39 is 11.4 Å². The molecule has 0 aliphatic rings. The summed E-state index contributed by atoms with van der Waals surface area (Å²) >= 11 is 0. The number of unbranched alkanes of at least 4 members (excludes halogenated alkanes) is 30. The third kappa shape index (κ3) is 30.3. The Bertz CT molecular complexity index is 613. The molecule has 4 heteroatoms. The number of carboxylic acid groups (broad SMARTS) is 1. The van der Waals surface area contributed by atoms with Crippen molar-refractivity contribution in [1.82, 2.24) is 0 Å². The summed E-state index contributed by atoms with van der Waals surface area (Å²) in [5.74, 6) is -0.969. The Hall–Kier alpha value is -1.06. The highest BCUT2D eigenvalue weighted by Crippen LogP contribution is 2.37. The first kappa shape index (κ1) is 44.9. The summed E-state index contributed by atoms with van der Waals surface area (Å²) in [5, 5.41) is 9.18. The highest BCUT2D eigenvalue weighted by atomic mass is 16.4. The third-order valence-electron chi connectivity index (χ3n) is 10.6. The molecule has 0 aromatic heterocycles. The number of aliphatic carboxylic acids is 1. The molecule has 0 heterocycles. The standard InChI is InChI=1S/C42H83NO3/c1-3-5-7-9-11-13-15-17-19-21-23-25-27-29-31-33-37-42(41(43)46,39-35-36-40(44)45)38-34-32-30-28-26-24-22-20-18-16-14-12-10-8-6-4-2/h3-39H2,1-2H3,(H2,43,46)(H,44,45). The summed E-state index contributed by atoms with van der Waals surface area (Å²) < 4.78 is 0. The Labute approximate surface area is 288 Å². The lowest BCUT2D eigenvalue weighted by atomic mass is 9.73. The Morgan fingerprint density at radius 1 is 0.391 bits per heavy atom. The molecule has 1 amide bonds. The minimum Gasteiger partial charge on any atom is -0.481 e. The van der Waals surface area contributed by atoms with Crippen LogP contribution in [-0.2, 0) is 9.59 Å². The molecule has 4 nitrogen and oxygen atoms in total. The zero-order valence-electron chi connectivity index (χ0n) is 31.5. The van der Waals surface area contributed by atoms with Gasteiger partial charge in [-0.05, 0) is 25.7 Å². The monoisotopic (exact) mass is 650 g/mol. The lowest BCUT2D eigenvalue weighted by Gasteiger charge is -2.31. The number of amides is 1. The van der Waals surface area contributed by atoms with Crippen molar-refractivity contribution >= 4 is 11.9 Å². The molecule has 0 aliphatic heterocycles. The Morgan fingerprint density at radius 3 is 0.826 bits per heavy atom. The summed E-state index contributed by atoms with van der Waals surface area (Å²) in [6.07, 6.45) is 45.9. The van der Waals surface area contributed by atoms with Crippen LogP contribution in [0.25, 0.3) is 0 Å². The number of primary amides is 1. The Kier molecular flexibility index (Phi) is 34.4. The fourth-order valence-corrected chi connectivity index (χ4v) is 7.35. The molecule has 0 rings (SSSR count). The quantitative estimate of drug-likeness (QED) is 0.0650. The van der Waals surface area contributed by atoms with Crippen molar-refractivity contribution in [3.63, 3.8) is 0 Å². The van der Waals surface area contributed by atoms with Crippen LogP contribution in [0.1, 0.15) is 251 Å². The normalized spacial score (nSPS) is 11.8. The van der Waals surface area contributed by atoms with Gasteiger partial charge in [-0.2, -0.15) is 0 Å². The molecule has 0 spiro atoms. The summed E-state index contributed by atoms with van der Waals surface area (Å²) in [4.78, 5) is 23.9. The largest absolute Gasteiger partial charge is 0.481 e. The third-order valence-corrected chi connectivity index (χ3v) is 10.6. The van der Waals surface area contributed by atoms with E-state index in [0.29, 0.717) is 12.8 Å². The van der Waals surface area contributed by atoms with Crippen LogP contribution in [0.15, 0.2) is 0 Å². The maximum Gasteiger partial charge on any atom is 0.303 e. The van der Waals surface area contributed by atoms with Crippen molar-refractivity contribution in [2.45, 2.75) is 251 Å². The number of carbonyl (C=O) groups is 2. The van der Waals surface area contributed by atoms with Gasteiger partial charge in [-0.15, -0.1) is 0 Å². The molecule has 0 aromatic carbocycles. The minimum absolute atomic E-state index is 0.132. The van der Waals surface area contributed by atoms with Crippen molar-refractivity contribution < 1.29 is 14.7 Å². The van der Waals surface area contributed by atoms with Gasteiger partial charge >= 0.3 is 5.97 Å². The number of carbonyl (C=O) groups excluding carboxylic acids is 1. The zero-order valence-corrected chi connectivity index (χ0v) is 31.5. The van der Waals surface area contributed by atoms with E-state index in [9.17, 15) is 14.7 Å². The number of rotatable bonds is 39. The van der Waals surface area contributed by atoms with E-state index >= 15 is 0 Å². The van der Waals surface area contributed by atoms with Crippen LogP contribution in [-0.4, -0.2) is 17.0 Å². The van der Waals surface area contributed by atoms with Gasteiger partial charge in [-0.3, -0.25) is 9.59 Å². The minimum atomic E-state index is -0.775. The Morgan fingerprint density at radius 2 is 0.609 bits per heavy atom. The predicted molar refractivity (Wildman–Crippen MR) is 201 cm³/mol. The number of nitrogens with two attached hydrogens (primary N) is 1. The number of hydrogen-bond acceptors (Lipinski definition) is 2. The van der Waals surface area contributed by atoms with Gasteiger partial charge in [0.15, 0.2) is 0 Å². The number of hydrogen-bond donors (Lipinski definition) is 2. The van der Waals surface area contributed by atoms with E-state index in [2.05, 4.69) is 13.8 Å². The maximum atomic E-state index is 12.8. The summed E-state index contributed by atoms with van der Waals surface area (Å²) in [5.41, 5.74) is 5.52. The van der Waals surface area contributed by atoms with Crippen molar-refractivity contribution in [3.05, 3.63) is 0 Å². The van der Waals surface area contributed by atoms with E-state index in [-0.39, 0.29) is 12.3 Å². The Balaban J connectivity index is 4.03. The van der Waals surface area contributed by atoms with E-state index in [1.54, 1.807) is 0 Å². The first-order chi connectivity index (χ1) is 22.5. The molecule has 0 aromatic rings. The topological polar surface area (TPSA) is 80.4 Å². The highest BCUT2D eigenvalue weighted by molar-refractivity contribution is 5.80. The van der Waals surface area contributed by atoms with Crippen molar-refractivity contribution in [3.8, 4) is 0 Å². The van der Waals surface area contributed by atoms with E-state index in [1.807, 2.05) is 0 Å². The molecule has 274 valence electrons. The molecule has 0 saturated heterocycles. The second-order valence-electron chi connectivity index (χ2n) is 15.0. The van der Waals surface area contributed by atoms with Gasteiger partial charge in [0.25, 0.3) is 0 Å². The molecule has 0 fully saturated rings. The van der Waals surface area contributed by atoms with Gasteiger partial charge in [-0.25, -0.2) is 0 Å². The average molecular weight is 650 g/mol. The molecular formula is C42H83NO3. The molecule has 0 unspecified atom stereocenters. The zero-order chi connectivity index (χ0) is 33.8. The van der Waals surface area contributed by atoms with Crippen LogP contribution in [0.2, 0.25) is 0 Å². The van der Waals surface area contributed by atoms with Crippen LogP contribution >= 0.6 is 0 Å². The molecule has 0 atom stereocenters. The van der Waals surface area contributed by atoms with Crippen molar-refractivity contribution in [1.29, 1.82) is 0 Å². The van der Waals surface area contributed by atoms with Gasteiger partial charge in [0.05, 0.1) is 0 Å². The second-order valence-corrected chi connectivity index (χ2v) is 15.0. The van der Waals surface area contributed by atoms with Crippen molar-refractivity contribution in [2.24, 2.45) is 11.1 Å². The molecule has 0 aliphatic carbocycles. The highest BCUT2D eigenvalue weighted by Gasteiger charge is 2.35. The molecule has 0 radical (unpaired) electrons. The molecule has 46 heavy (non-hydrogen) atoms. The van der Waals surface area contributed by atoms with Gasteiger partial charge < -0.3 is 10.8 Å². The van der Waals surface area contributed by atoms with Gasteiger partial charge in [0.1, 0.15) is 0 Å². The number of carboxylic acids is 1. The van der Waals surface area contributed by atoms with Crippen molar-refractivity contribution in [2.75, 3.05) is 0 Å². The first-order valence-electron chi connectivity index (χ1n) is 21.0. The summed E-state index contributed by atoms with van der Waals surface area (Å²) in [6, 6.07) is 0. The summed E-state index contributed by atoms with van der Waals surface area (Å²) in [7, 11) is 0. The lowest BCUT2D eigenvalue weighted by molar-refractivity contribution is -0.138. The fourth-order valence-electron chi connectivity index (χ4n) is 7.35. The molecule has 0 bridgehead atoms. The lowest BCUT2D eigenvalue weighted by Crippen LogP contribution is -2.37. The van der Waals surface area contributed by atoms with E-state index in [4.69, 9.17) is 5.73 Å².